The molecule has 1 aliphatic carbocycles. The number of amides is 1. The van der Waals surface area contributed by atoms with E-state index in [1.165, 1.54) is 5.56 Å². The fraction of sp³-hybridized carbons (Fsp3) is 0.467. The number of ether oxygens (including phenoxy) is 1. The van der Waals surface area contributed by atoms with Crippen molar-refractivity contribution in [2.45, 2.75) is 72.3 Å². The molecule has 3 aromatic rings. The number of carbonyl (C=O) groups is 2. The van der Waals surface area contributed by atoms with Gasteiger partial charge in [-0.05, 0) is 95.0 Å². The van der Waals surface area contributed by atoms with Crippen LogP contribution in [0.2, 0.25) is 0 Å². The van der Waals surface area contributed by atoms with Gasteiger partial charge in [-0.25, -0.2) is 9.48 Å². The molecular formula is C30H38N4O3. The Morgan fingerprint density at radius 3 is 2.41 bits per heavy atom. The first-order valence-electron chi connectivity index (χ1n) is 13.5. The normalized spacial score (nSPS) is 17.5. The summed E-state index contributed by atoms with van der Waals surface area (Å²) in [5.41, 5.74) is 3.39. The molecule has 1 aromatic carbocycles. The van der Waals surface area contributed by atoms with Crippen molar-refractivity contribution < 1.29 is 14.3 Å². The van der Waals surface area contributed by atoms with Crippen LogP contribution < -0.4 is 4.90 Å². The van der Waals surface area contributed by atoms with Crippen LogP contribution in [0, 0.1) is 11.8 Å². The summed E-state index contributed by atoms with van der Waals surface area (Å²) in [6.07, 6.45) is 9.09. The molecule has 0 atom stereocenters. The summed E-state index contributed by atoms with van der Waals surface area (Å²) in [5, 5.41) is 4.77. The molecule has 0 aliphatic heterocycles. The van der Waals surface area contributed by atoms with Crippen molar-refractivity contribution in [2.24, 2.45) is 11.8 Å². The fourth-order valence-corrected chi connectivity index (χ4v) is 4.97. The minimum absolute atomic E-state index is 0.0440. The van der Waals surface area contributed by atoms with E-state index in [1.807, 2.05) is 50.4 Å². The van der Waals surface area contributed by atoms with Gasteiger partial charge in [0.25, 0.3) is 0 Å². The quantitative estimate of drug-likeness (QED) is 0.346. The Hall–Kier alpha value is -3.48. The van der Waals surface area contributed by atoms with Gasteiger partial charge in [0.05, 0.1) is 12.3 Å². The smallest absolute Gasteiger partial charge is 0.343 e. The van der Waals surface area contributed by atoms with Gasteiger partial charge in [0.15, 0.2) is 5.82 Å². The Labute approximate surface area is 219 Å². The van der Waals surface area contributed by atoms with Gasteiger partial charge in [-0.2, -0.15) is 0 Å². The number of nitrogens with zero attached hydrogens (tertiary/aromatic N) is 4. The highest BCUT2D eigenvalue weighted by atomic mass is 16.5. The Kier molecular flexibility index (Phi) is 8.74. The summed E-state index contributed by atoms with van der Waals surface area (Å²) in [6, 6.07) is 13.9. The molecule has 0 saturated heterocycles. The minimum Gasteiger partial charge on any atom is -0.462 e. The van der Waals surface area contributed by atoms with Crippen molar-refractivity contribution in [3.63, 3.8) is 0 Å². The maximum absolute atomic E-state index is 13.7. The first-order valence-corrected chi connectivity index (χ1v) is 13.5. The van der Waals surface area contributed by atoms with Crippen molar-refractivity contribution in [3.05, 3.63) is 71.7 Å². The van der Waals surface area contributed by atoms with Crippen LogP contribution in [0.15, 0.2) is 54.9 Å². The monoisotopic (exact) mass is 502 g/mol. The van der Waals surface area contributed by atoms with Gasteiger partial charge >= 0.3 is 5.97 Å². The summed E-state index contributed by atoms with van der Waals surface area (Å²) in [4.78, 5) is 32.7. The van der Waals surface area contributed by atoms with Gasteiger partial charge in [-0.3, -0.25) is 14.7 Å². The topological polar surface area (TPSA) is 77.3 Å². The molecule has 4 rings (SSSR count). The second-order valence-electron chi connectivity index (χ2n) is 10.3. The SMILES string of the molecule is CCOC(=O)c1cn(-c2ccc(CCc3ccccn3)cc2)nc1N(C(=O)C1CCC(C)CC1)C(C)C. The number of hydrogen-bond donors (Lipinski definition) is 0. The lowest BCUT2D eigenvalue weighted by Gasteiger charge is -2.32. The Morgan fingerprint density at radius 2 is 1.78 bits per heavy atom. The van der Waals surface area contributed by atoms with E-state index in [1.54, 1.807) is 22.7 Å². The van der Waals surface area contributed by atoms with Crippen molar-refractivity contribution in [1.82, 2.24) is 14.8 Å². The molecule has 1 saturated carbocycles. The Bertz CT molecular complexity index is 1180. The van der Waals surface area contributed by atoms with E-state index in [-0.39, 0.29) is 24.5 Å². The molecule has 2 heterocycles. The third kappa shape index (κ3) is 6.45. The van der Waals surface area contributed by atoms with Gasteiger partial charge in [0.1, 0.15) is 5.56 Å². The van der Waals surface area contributed by atoms with Crippen molar-refractivity contribution in [1.29, 1.82) is 0 Å². The van der Waals surface area contributed by atoms with Gasteiger partial charge in [-0.15, -0.1) is 5.10 Å². The molecular weight excluding hydrogens is 464 g/mol. The first-order chi connectivity index (χ1) is 17.9. The number of aryl methyl sites for hydroxylation is 2. The molecule has 7 heteroatoms. The first kappa shape index (κ1) is 26.6. The van der Waals surface area contributed by atoms with E-state index in [0.29, 0.717) is 17.3 Å². The highest BCUT2D eigenvalue weighted by molar-refractivity contribution is 6.02. The highest BCUT2D eigenvalue weighted by Gasteiger charge is 2.34. The molecule has 1 amide bonds. The molecule has 0 radical (unpaired) electrons. The lowest BCUT2D eigenvalue weighted by molar-refractivity contribution is -0.124. The van der Waals surface area contributed by atoms with Crippen LogP contribution in [0.4, 0.5) is 5.82 Å². The van der Waals surface area contributed by atoms with Crippen LogP contribution >= 0.6 is 0 Å². The van der Waals surface area contributed by atoms with Gasteiger partial charge in [-0.1, -0.05) is 25.1 Å². The summed E-state index contributed by atoms with van der Waals surface area (Å²) in [7, 11) is 0. The molecule has 0 unspecified atom stereocenters. The third-order valence-electron chi connectivity index (χ3n) is 7.13. The number of esters is 1. The van der Waals surface area contributed by atoms with Crippen LogP contribution in [0.25, 0.3) is 5.69 Å². The predicted octanol–water partition coefficient (Wildman–Crippen LogP) is 5.80. The van der Waals surface area contributed by atoms with Crippen molar-refractivity contribution in [3.8, 4) is 5.69 Å². The van der Waals surface area contributed by atoms with E-state index in [2.05, 4.69) is 24.0 Å². The zero-order chi connectivity index (χ0) is 26.4. The molecule has 1 fully saturated rings. The predicted molar refractivity (Wildman–Crippen MR) is 145 cm³/mol. The van der Waals surface area contributed by atoms with Crippen molar-refractivity contribution in [2.75, 3.05) is 11.5 Å². The van der Waals surface area contributed by atoms with E-state index in [4.69, 9.17) is 9.84 Å². The average Bonchev–Trinajstić information content (AvgIpc) is 3.33. The van der Waals surface area contributed by atoms with Crippen LogP contribution in [-0.4, -0.2) is 39.3 Å². The van der Waals surface area contributed by atoms with E-state index < -0.39 is 5.97 Å². The van der Waals surface area contributed by atoms with Crippen LogP contribution in [0.1, 0.15) is 75.0 Å². The molecule has 0 N–H and O–H groups in total. The number of rotatable bonds is 9. The van der Waals surface area contributed by atoms with Crippen LogP contribution in [0.3, 0.4) is 0 Å². The van der Waals surface area contributed by atoms with Gasteiger partial charge in [0, 0.05) is 30.0 Å². The molecule has 37 heavy (non-hydrogen) atoms. The number of pyridine rings is 1. The largest absolute Gasteiger partial charge is 0.462 e. The number of aromatic nitrogens is 3. The van der Waals surface area contributed by atoms with E-state index >= 15 is 0 Å². The summed E-state index contributed by atoms with van der Waals surface area (Å²) in [5.74, 6) is 0.556. The fourth-order valence-electron chi connectivity index (χ4n) is 4.97. The number of carbonyl (C=O) groups excluding carboxylic acids is 2. The van der Waals surface area contributed by atoms with E-state index in [9.17, 15) is 9.59 Å². The summed E-state index contributed by atoms with van der Waals surface area (Å²) >= 11 is 0. The van der Waals surface area contributed by atoms with Gasteiger partial charge in [0.2, 0.25) is 5.91 Å². The third-order valence-corrected chi connectivity index (χ3v) is 7.13. The molecule has 0 spiro atoms. The second-order valence-corrected chi connectivity index (χ2v) is 10.3. The molecule has 196 valence electrons. The zero-order valence-corrected chi connectivity index (χ0v) is 22.4. The summed E-state index contributed by atoms with van der Waals surface area (Å²) in [6.45, 7) is 8.21. The maximum Gasteiger partial charge on any atom is 0.343 e. The molecule has 1 aliphatic rings. The molecule has 7 nitrogen and oxygen atoms in total. The van der Waals surface area contributed by atoms with Crippen LogP contribution in [0.5, 0.6) is 0 Å². The molecule has 0 bridgehead atoms. The zero-order valence-electron chi connectivity index (χ0n) is 22.4. The Morgan fingerprint density at radius 1 is 1.05 bits per heavy atom. The lowest BCUT2D eigenvalue weighted by atomic mass is 9.82. The summed E-state index contributed by atoms with van der Waals surface area (Å²) < 4.78 is 7.02. The second kappa shape index (κ2) is 12.2. The van der Waals surface area contributed by atoms with E-state index in [0.717, 1.165) is 49.9 Å². The highest BCUT2D eigenvalue weighted by Crippen LogP contribution is 2.33. The Balaban J connectivity index is 1.60. The average molecular weight is 503 g/mol. The standard InChI is InChI=1S/C30H38N4O3/c1-5-37-30(36)27-20-33(26-17-12-23(13-18-26)11-16-25-8-6-7-19-31-25)32-28(27)34(21(2)3)29(35)24-14-9-22(4)10-15-24/h6-8,12-13,17-22,24H,5,9-11,14-16H2,1-4H3. The van der Waals surface area contributed by atoms with Crippen LogP contribution in [-0.2, 0) is 22.4 Å². The number of benzene rings is 1. The minimum atomic E-state index is -0.466. The van der Waals surface area contributed by atoms with Crippen molar-refractivity contribution >= 4 is 17.7 Å². The molecule has 2 aromatic heterocycles. The number of hydrogen-bond acceptors (Lipinski definition) is 5. The van der Waals surface area contributed by atoms with Gasteiger partial charge < -0.3 is 4.74 Å². The number of anilines is 1. The lowest BCUT2D eigenvalue weighted by Crippen LogP contribution is -2.43. The maximum atomic E-state index is 13.7.